The molecule has 0 saturated carbocycles. The maximum absolute atomic E-state index is 13.1. The minimum atomic E-state index is -3.77. The number of sulfonamides is 1. The quantitative estimate of drug-likeness (QED) is 0.813. The van der Waals surface area contributed by atoms with Gasteiger partial charge in [-0.1, -0.05) is 0 Å². The van der Waals surface area contributed by atoms with Crippen LogP contribution in [-0.4, -0.2) is 28.2 Å². The molecular weight excluding hydrogens is 271 g/mol. The summed E-state index contributed by atoms with van der Waals surface area (Å²) in [6.07, 6.45) is 1.64. The third-order valence-electron chi connectivity index (χ3n) is 3.17. The highest BCUT2D eigenvalue weighted by Crippen LogP contribution is 2.20. The van der Waals surface area contributed by atoms with E-state index < -0.39 is 15.8 Å². The molecule has 1 fully saturated rings. The van der Waals surface area contributed by atoms with Crippen LogP contribution in [0, 0.1) is 11.7 Å². The smallest absolute Gasteiger partial charge is 0.242 e. The highest BCUT2D eigenvalue weighted by molar-refractivity contribution is 7.89. The number of hydrogen-bond acceptors (Lipinski definition) is 4. The summed E-state index contributed by atoms with van der Waals surface area (Å²) in [5, 5.41) is 0. The molecule has 0 bridgehead atoms. The first-order valence-corrected chi connectivity index (χ1v) is 7.60. The zero-order valence-electron chi connectivity index (χ0n) is 10.4. The molecule has 0 radical (unpaired) electrons. The lowest BCUT2D eigenvalue weighted by Gasteiger charge is -2.22. The second-order valence-corrected chi connectivity index (χ2v) is 6.33. The van der Waals surface area contributed by atoms with Gasteiger partial charge < -0.3 is 10.5 Å². The van der Waals surface area contributed by atoms with Crippen LogP contribution in [0.4, 0.5) is 10.1 Å². The average Bonchev–Trinajstić information content (AvgIpc) is 2.40. The fraction of sp³-hybridized carbons (Fsp3) is 0.500. The van der Waals surface area contributed by atoms with Crippen LogP contribution in [0.15, 0.2) is 23.1 Å². The normalized spacial score (nSPS) is 17.5. The van der Waals surface area contributed by atoms with E-state index in [0.29, 0.717) is 19.8 Å². The van der Waals surface area contributed by atoms with Gasteiger partial charge in [0.15, 0.2) is 0 Å². The number of rotatable bonds is 4. The SMILES string of the molecule is Nc1ccc(F)cc1S(=O)(=O)NCC1CCOCC1. The van der Waals surface area contributed by atoms with Crippen molar-refractivity contribution >= 4 is 15.7 Å². The van der Waals surface area contributed by atoms with Crippen LogP contribution < -0.4 is 10.5 Å². The van der Waals surface area contributed by atoms with E-state index in [-0.39, 0.29) is 16.5 Å². The Labute approximate surface area is 112 Å². The first-order chi connectivity index (χ1) is 8.99. The summed E-state index contributed by atoms with van der Waals surface area (Å²) >= 11 is 0. The van der Waals surface area contributed by atoms with Gasteiger partial charge in [0, 0.05) is 19.8 Å². The number of ether oxygens (including phenoxy) is 1. The summed E-state index contributed by atoms with van der Waals surface area (Å²) in [4.78, 5) is -0.209. The molecule has 0 atom stereocenters. The van der Waals surface area contributed by atoms with E-state index in [2.05, 4.69) is 4.72 Å². The van der Waals surface area contributed by atoms with Crippen molar-refractivity contribution in [2.75, 3.05) is 25.5 Å². The van der Waals surface area contributed by atoms with Crippen molar-refractivity contribution in [3.8, 4) is 0 Å². The summed E-state index contributed by atoms with van der Waals surface area (Å²) in [7, 11) is -3.77. The van der Waals surface area contributed by atoms with Crippen molar-refractivity contribution in [2.24, 2.45) is 5.92 Å². The van der Waals surface area contributed by atoms with Gasteiger partial charge in [-0.05, 0) is 37.0 Å². The number of hydrogen-bond donors (Lipinski definition) is 2. The van der Waals surface area contributed by atoms with Gasteiger partial charge in [0.2, 0.25) is 10.0 Å². The summed E-state index contributed by atoms with van der Waals surface area (Å²) in [6.45, 7) is 1.62. The Hall–Kier alpha value is -1.18. The van der Waals surface area contributed by atoms with E-state index in [9.17, 15) is 12.8 Å². The predicted octanol–water partition coefficient (Wildman–Crippen LogP) is 1.11. The number of anilines is 1. The Morgan fingerprint density at radius 1 is 1.37 bits per heavy atom. The molecule has 0 aliphatic carbocycles. The number of halogens is 1. The standard InChI is InChI=1S/C12H17FN2O3S/c13-10-1-2-11(14)12(7-10)19(16,17)15-8-9-3-5-18-6-4-9/h1-2,7,9,15H,3-6,8,14H2. The molecule has 2 rings (SSSR count). The number of nitrogens with two attached hydrogens (primary N) is 1. The maximum atomic E-state index is 13.1. The van der Waals surface area contributed by atoms with Crippen molar-refractivity contribution in [3.05, 3.63) is 24.0 Å². The van der Waals surface area contributed by atoms with Crippen LogP contribution in [0.1, 0.15) is 12.8 Å². The third-order valence-corrected chi connectivity index (χ3v) is 4.65. The molecule has 0 spiro atoms. The second kappa shape index (κ2) is 5.85. The van der Waals surface area contributed by atoms with Crippen molar-refractivity contribution in [1.29, 1.82) is 0 Å². The largest absolute Gasteiger partial charge is 0.398 e. The van der Waals surface area contributed by atoms with E-state index >= 15 is 0 Å². The van der Waals surface area contributed by atoms with Gasteiger partial charge in [0.25, 0.3) is 0 Å². The van der Waals surface area contributed by atoms with Crippen molar-refractivity contribution in [2.45, 2.75) is 17.7 Å². The van der Waals surface area contributed by atoms with Crippen molar-refractivity contribution in [1.82, 2.24) is 4.72 Å². The fourth-order valence-electron chi connectivity index (χ4n) is 2.00. The number of nitrogen functional groups attached to an aromatic ring is 1. The van der Waals surface area contributed by atoms with E-state index in [1.165, 1.54) is 6.07 Å². The number of benzene rings is 1. The van der Waals surface area contributed by atoms with Crippen LogP contribution in [-0.2, 0) is 14.8 Å². The minimum absolute atomic E-state index is 0.0425. The van der Waals surface area contributed by atoms with E-state index in [4.69, 9.17) is 10.5 Å². The van der Waals surface area contributed by atoms with E-state index in [1.54, 1.807) is 0 Å². The number of nitrogens with one attached hydrogen (secondary N) is 1. The highest BCUT2D eigenvalue weighted by atomic mass is 32.2. The lowest BCUT2D eigenvalue weighted by molar-refractivity contribution is 0.0678. The summed E-state index contributed by atoms with van der Waals surface area (Å²) < 4.78 is 44.9. The molecule has 1 saturated heterocycles. The van der Waals surface area contributed by atoms with Gasteiger partial charge in [0.1, 0.15) is 10.7 Å². The molecule has 1 aliphatic rings. The Balaban J connectivity index is 2.07. The molecule has 1 aliphatic heterocycles. The third kappa shape index (κ3) is 3.65. The first-order valence-electron chi connectivity index (χ1n) is 6.11. The Bertz CT molecular complexity index is 542. The topological polar surface area (TPSA) is 81.4 Å². The van der Waals surface area contributed by atoms with Gasteiger partial charge in [-0.25, -0.2) is 17.5 Å². The van der Waals surface area contributed by atoms with Crippen molar-refractivity contribution in [3.63, 3.8) is 0 Å². The molecule has 1 aromatic carbocycles. The fourth-order valence-corrected chi connectivity index (χ4v) is 3.25. The summed E-state index contributed by atoms with van der Waals surface area (Å²) in [6, 6.07) is 3.31. The molecule has 1 aromatic rings. The van der Waals surface area contributed by atoms with Gasteiger partial charge in [0.05, 0.1) is 5.69 Å². The molecule has 0 aromatic heterocycles. The zero-order chi connectivity index (χ0) is 13.9. The van der Waals surface area contributed by atoms with E-state index in [1.807, 2.05) is 0 Å². The Morgan fingerprint density at radius 3 is 2.74 bits per heavy atom. The first kappa shape index (κ1) is 14.2. The molecule has 5 nitrogen and oxygen atoms in total. The maximum Gasteiger partial charge on any atom is 0.242 e. The molecular formula is C12H17FN2O3S. The van der Waals surface area contributed by atoms with E-state index in [0.717, 1.165) is 25.0 Å². The monoisotopic (exact) mass is 288 g/mol. The van der Waals surface area contributed by atoms with Crippen molar-refractivity contribution < 1.29 is 17.5 Å². The minimum Gasteiger partial charge on any atom is -0.398 e. The predicted molar refractivity (Wildman–Crippen MR) is 69.5 cm³/mol. The van der Waals surface area contributed by atoms with Gasteiger partial charge in [-0.2, -0.15) is 0 Å². The molecule has 7 heteroatoms. The van der Waals surface area contributed by atoms with Gasteiger partial charge in [-0.15, -0.1) is 0 Å². The molecule has 0 amide bonds. The van der Waals surface area contributed by atoms with Crippen LogP contribution >= 0.6 is 0 Å². The van der Waals surface area contributed by atoms with Crippen LogP contribution in [0.5, 0.6) is 0 Å². The zero-order valence-corrected chi connectivity index (χ0v) is 11.2. The molecule has 106 valence electrons. The lowest BCUT2D eigenvalue weighted by atomic mass is 10.0. The van der Waals surface area contributed by atoms with Crippen LogP contribution in [0.2, 0.25) is 0 Å². The molecule has 19 heavy (non-hydrogen) atoms. The summed E-state index contributed by atoms with van der Waals surface area (Å²) in [5.41, 5.74) is 5.62. The molecule has 0 unspecified atom stereocenters. The Kier molecular flexibility index (Phi) is 4.38. The summed E-state index contributed by atoms with van der Waals surface area (Å²) in [5.74, 6) is -0.376. The van der Waals surface area contributed by atoms with Gasteiger partial charge >= 0.3 is 0 Å². The Morgan fingerprint density at radius 2 is 2.05 bits per heavy atom. The molecule has 1 heterocycles. The van der Waals surface area contributed by atoms with Crippen LogP contribution in [0.3, 0.4) is 0 Å². The molecule has 3 N–H and O–H groups in total. The second-order valence-electron chi connectivity index (χ2n) is 4.59. The lowest BCUT2D eigenvalue weighted by Crippen LogP contribution is -2.32. The van der Waals surface area contributed by atoms with Gasteiger partial charge in [-0.3, -0.25) is 0 Å². The van der Waals surface area contributed by atoms with Crippen LogP contribution in [0.25, 0.3) is 0 Å². The average molecular weight is 288 g/mol. The highest BCUT2D eigenvalue weighted by Gasteiger charge is 2.21.